The first-order chi connectivity index (χ1) is 3.68. The zero-order valence-corrected chi connectivity index (χ0v) is 7.64. The Hall–Kier alpha value is 0.250. The van der Waals surface area contributed by atoms with Crippen molar-refractivity contribution in [3.05, 3.63) is 0 Å². The molecule has 0 spiro atoms. The van der Waals surface area contributed by atoms with Crippen molar-refractivity contribution >= 4 is 17.5 Å². The first kappa shape index (κ1) is 16.1. The van der Waals surface area contributed by atoms with Crippen LogP contribution in [-0.4, -0.2) is 20.9 Å². The van der Waals surface area contributed by atoms with Crippen LogP contribution in [0, 0.1) is 0 Å². The van der Waals surface area contributed by atoms with Crippen LogP contribution in [0.4, 0.5) is 0 Å². The van der Waals surface area contributed by atoms with Crippen molar-refractivity contribution < 1.29 is 47.9 Å². The van der Waals surface area contributed by atoms with Crippen molar-refractivity contribution in [1.29, 1.82) is 0 Å². The first-order valence-electron chi connectivity index (χ1n) is 1.50. The van der Waals surface area contributed by atoms with E-state index in [1.54, 1.807) is 0 Å². The van der Waals surface area contributed by atoms with Gasteiger partial charge in [-0.15, -0.1) is 0 Å². The molecule has 0 fully saturated rings. The molecule has 0 aliphatic heterocycles. The van der Waals surface area contributed by atoms with Gasteiger partial charge in [0.25, 0.3) is 0 Å². The molecular weight excluding hydrogens is 157 g/mol. The second-order valence-electron chi connectivity index (χ2n) is 0.644. The van der Waals surface area contributed by atoms with Crippen molar-refractivity contribution in [1.82, 2.24) is 0 Å². The van der Waals surface area contributed by atoms with Gasteiger partial charge in [-0.3, -0.25) is 0 Å². The second-order valence-corrected chi connectivity index (χ2v) is 0.780. The predicted molar refractivity (Wildman–Crippen MR) is 23.0 cm³/mol. The standard InChI is InChI=1S/C2H5NO2.Na.O2S/c3-1-2(4)5;;1-3-2/h1,3H2,(H,4,5);;/q;+1;/p-1. The van der Waals surface area contributed by atoms with Crippen LogP contribution in [0.5, 0.6) is 0 Å². The fourth-order valence-electron chi connectivity index (χ4n) is 0. The topological polar surface area (TPSA) is 100 Å². The van der Waals surface area contributed by atoms with Gasteiger partial charge in [-0.1, -0.05) is 0 Å². The average molecular weight is 161 g/mol. The molecule has 0 aromatic heterocycles. The molecule has 0 aromatic carbocycles. The predicted octanol–water partition coefficient (Wildman–Crippen LogP) is -5.97. The third kappa shape index (κ3) is 63.7. The van der Waals surface area contributed by atoms with Gasteiger partial charge in [-0.25, -0.2) is 0 Å². The van der Waals surface area contributed by atoms with E-state index in [1.807, 2.05) is 0 Å². The Morgan fingerprint density at radius 2 is 1.67 bits per heavy atom. The van der Waals surface area contributed by atoms with E-state index in [1.165, 1.54) is 0 Å². The maximum Gasteiger partial charge on any atom is 1.00 e. The van der Waals surface area contributed by atoms with Gasteiger partial charge >= 0.3 is 41.1 Å². The van der Waals surface area contributed by atoms with Crippen molar-refractivity contribution in [2.45, 2.75) is 0 Å². The Labute approximate surface area is 77.5 Å². The quantitative estimate of drug-likeness (QED) is 0.386. The van der Waals surface area contributed by atoms with Gasteiger partial charge in [-0.2, -0.15) is 8.42 Å². The minimum atomic E-state index is -1.22. The van der Waals surface area contributed by atoms with Crippen LogP contribution in [0.2, 0.25) is 0 Å². The molecule has 0 unspecified atom stereocenters. The van der Waals surface area contributed by atoms with E-state index < -0.39 is 17.5 Å². The fraction of sp³-hybridized carbons (Fsp3) is 0.500. The second kappa shape index (κ2) is 15.7. The summed E-state index contributed by atoms with van der Waals surface area (Å²) in [5.74, 6) is -1.22. The number of nitrogens with two attached hydrogens (primary N) is 1. The molecule has 48 valence electrons. The number of carboxylic acid groups (broad SMARTS) is 1. The monoisotopic (exact) mass is 161 g/mol. The van der Waals surface area contributed by atoms with Crippen LogP contribution in [0.15, 0.2) is 0 Å². The Bertz CT molecular complexity index is 101. The summed E-state index contributed by atoms with van der Waals surface area (Å²) in [6.07, 6.45) is 0. The smallest absolute Gasteiger partial charge is 0.549 e. The number of hydrogen-bond acceptors (Lipinski definition) is 5. The molecule has 0 saturated carbocycles. The largest absolute Gasteiger partial charge is 1.00 e. The van der Waals surface area contributed by atoms with Crippen LogP contribution in [0.25, 0.3) is 0 Å². The summed E-state index contributed by atoms with van der Waals surface area (Å²) < 4.78 is 16.6. The summed E-state index contributed by atoms with van der Waals surface area (Å²) >= 11 is -0.750. The van der Waals surface area contributed by atoms with Gasteiger partial charge in [-0.05, 0) is 0 Å². The third-order valence-electron chi connectivity index (χ3n) is 0.167. The zero-order chi connectivity index (χ0) is 6.99. The fourth-order valence-corrected chi connectivity index (χ4v) is 0. The molecular formula is C2H4NNaO4S. The molecule has 5 nitrogen and oxygen atoms in total. The van der Waals surface area contributed by atoms with E-state index in [9.17, 15) is 0 Å². The van der Waals surface area contributed by atoms with Crippen molar-refractivity contribution in [3.63, 3.8) is 0 Å². The van der Waals surface area contributed by atoms with Gasteiger partial charge in [0.05, 0.1) is 5.97 Å². The summed E-state index contributed by atoms with van der Waals surface area (Å²) in [5, 5.41) is 9.13. The Morgan fingerprint density at radius 1 is 1.56 bits per heavy atom. The maximum absolute atomic E-state index is 9.13. The molecule has 0 saturated heterocycles. The SMILES string of the molecule is NCC(=O)[O-].O=S=O.[Na+]. The van der Waals surface area contributed by atoms with Gasteiger partial charge in [0.2, 0.25) is 0 Å². The van der Waals surface area contributed by atoms with Crippen molar-refractivity contribution in [2.24, 2.45) is 5.73 Å². The normalized spacial score (nSPS) is 5.44. The molecule has 7 heteroatoms. The molecule has 0 rings (SSSR count). The number of carboxylic acids is 1. The molecule has 9 heavy (non-hydrogen) atoms. The summed E-state index contributed by atoms with van der Waals surface area (Å²) in [4.78, 5) is 9.13. The number of carbonyl (C=O) groups is 1. The van der Waals surface area contributed by atoms with Crippen LogP contribution in [-0.2, 0) is 16.4 Å². The maximum atomic E-state index is 9.13. The number of carbonyl (C=O) groups excluding carboxylic acids is 1. The van der Waals surface area contributed by atoms with Gasteiger partial charge < -0.3 is 15.6 Å². The summed E-state index contributed by atoms with van der Waals surface area (Å²) in [6, 6.07) is 0. The number of rotatable bonds is 1. The van der Waals surface area contributed by atoms with Gasteiger partial charge in [0.15, 0.2) is 0 Å². The molecule has 0 aromatic rings. The first-order valence-corrected chi connectivity index (χ1v) is 2.17. The van der Waals surface area contributed by atoms with Crippen molar-refractivity contribution in [3.8, 4) is 0 Å². The van der Waals surface area contributed by atoms with Gasteiger partial charge in [0, 0.05) is 6.54 Å². The third-order valence-corrected chi connectivity index (χ3v) is 0.167. The Morgan fingerprint density at radius 3 is 1.67 bits per heavy atom. The molecule has 0 aliphatic rings. The molecule has 0 amide bonds. The molecule has 0 aliphatic carbocycles. The molecule has 0 radical (unpaired) electrons. The minimum absolute atomic E-state index is 0. The molecule has 0 atom stereocenters. The van der Waals surface area contributed by atoms with E-state index in [2.05, 4.69) is 5.73 Å². The average Bonchev–Trinajstić information content (AvgIpc) is 1.69. The van der Waals surface area contributed by atoms with Crippen LogP contribution in [0.1, 0.15) is 0 Å². The van der Waals surface area contributed by atoms with Gasteiger partial charge in [0.1, 0.15) is 0 Å². The molecule has 0 bridgehead atoms. The zero-order valence-electron chi connectivity index (χ0n) is 4.83. The van der Waals surface area contributed by atoms with Crippen LogP contribution in [0.3, 0.4) is 0 Å². The minimum Gasteiger partial charge on any atom is -0.549 e. The summed E-state index contributed by atoms with van der Waals surface area (Å²) in [7, 11) is 0. The molecule has 0 heterocycles. The summed E-state index contributed by atoms with van der Waals surface area (Å²) in [6.45, 7) is -0.389. The van der Waals surface area contributed by atoms with E-state index >= 15 is 0 Å². The van der Waals surface area contributed by atoms with Crippen LogP contribution >= 0.6 is 0 Å². The number of aliphatic carboxylic acids is 1. The number of hydrogen-bond donors (Lipinski definition) is 1. The van der Waals surface area contributed by atoms with E-state index in [0.717, 1.165) is 0 Å². The van der Waals surface area contributed by atoms with Crippen LogP contribution < -0.4 is 40.4 Å². The molecule has 2 N–H and O–H groups in total. The van der Waals surface area contributed by atoms with Crippen molar-refractivity contribution in [2.75, 3.05) is 6.54 Å². The summed E-state index contributed by atoms with van der Waals surface area (Å²) in [5.41, 5.74) is 4.51. The van der Waals surface area contributed by atoms with E-state index in [0.29, 0.717) is 0 Å². The van der Waals surface area contributed by atoms with E-state index in [4.69, 9.17) is 18.3 Å². The Balaban J connectivity index is -0.0000000800. The Kier molecular flexibility index (Phi) is 28.2. The van der Waals surface area contributed by atoms with E-state index in [-0.39, 0.29) is 36.1 Å².